The highest BCUT2D eigenvalue weighted by molar-refractivity contribution is 5.99. The molecule has 2 atom stereocenters. The number of hydrogen-bond donors (Lipinski definition) is 1. The molecule has 4 heterocycles. The predicted octanol–water partition coefficient (Wildman–Crippen LogP) is 3.02. The molecule has 0 radical (unpaired) electrons. The zero-order chi connectivity index (χ0) is 16.7. The van der Waals surface area contributed by atoms with Crippen molar-refractivity contribution in [2.45, 2.75) is 38.8 Å². The molecule has 4 nitrogen and oxygen atoms in total. The van der Waals surface area contributed by atoms with Gasteiger partial charge in [-0.15, -0.1) is 5.92 Å². The van der Waals surface area contributed by atoms with Crippen LogP contribution in [-0.2, 0) is 0 Å². The maximum Gasteiger partial charge on any atom is 0.251 e. The summed E-state index contributed by atoms with van der Waals surface area (Å²) in [5, 5.41) is 4.18. The Morgan fingerprint density at radius 1 is 1.33 bits per heavy atom. The van der Waals surface area contributed by atoms with E-state index < -0.39 is 0 Å². The minimum Gasteiger partial charge on any atom is -0.463 e. The largest absolute Gasteiger partial charge is 0.463 e. The quantitative estimate of drug-likeness (QED) is 0.865. The number of nitrogens with zero attached hydrogens (tertiary/aromatic N) is 1. The molecular formula is C20H22N2O2. The van der Waals surface area contributed by atoms with Gasteiger partial charge in [0.15, 0.2) is 0 Å². The number of piperidine rings is 3. The summed E-state index contributed by atoms with van der Waals surface area (Å²) in [6.07, 6.45) is 4.02. The maximum absolute atomic E-state index is 12.8. The van der Waals surface area contributed by atoms with Gasteiger partial charge in [0.2, 0.25) is 0 Å². The van der Waals surface area contributed by atoms with Gasteiger partial charge in [0, 0.05) is 23.0 Å². The van der Waals surface area contributed by atoms with Crippen molar-refractivity contribution in [1.82, 2.24) is 10.2 Å². The molecule has 3 fully saturated rings. The monoisotopic (exact) mass is 322 g/mol. The average Bonchev–Trinajstić information content (AvgIpc) is 3.01. The number of fused-ring (bicyclic) bond motifs is 4. The molecule has 3 saturated heterocycles. The van der Waals surface area contributed by atoms with E-state index in [1.807, 2.05) is 18.2 Å². The van der Waals surface area contributed by atoms with Crippen LogP contribution < -0.4 is 5.32 Å². The van der Waals surface area contributed by atoms with E-state index in [9.17, 15) is 4.79 Å². The third-order valence-electron chi connectivity index (χ3n) is 5.57. The lowest BCUT2D eigenvalue weighted by atomic mass is 9.79. The third-order valence-corrected chi connectivity index (χ3v) is 5.57. The van der Waals surface area contributed by atoms with Gasteiger partial charge in [-0.05, 0) is 63.9 Å². The summed E-state index contributed by atoms with van der Waals surface area (Å²) in [5.74, 6) is 6.51. The zero-order valence-corrected chi connectivity index (χ0v) is 14.1. The second-order valence-electron chi connectivity index (χ2n) is 6.85. The number of furan rings is 1. The zero-order valence-electron chi connectivity index (χ0n) is 14.1. The molecule has 124 valence electrons. The van der Waals surface area contributed by atoms with Crippen molar-refractivity contribution in [3.63, 3.8) is 0 Å². The van der Waals surface area contributed by atoms with Crippen molar-refractivity contribution in [2.24, 2.45) is 5.92 Å². The van der Waals surface area contributed by atoms with Gasteiger partial charge in [-0.1, -0.05) is 5.92 Å². The van der Waals surface area contributed by atoms with Gasteiger partial charge in [0.1, 0.15) is 11.8 Å². The fourth-order valence-electron chi connectivity index (χ4n) is 4.18. The van der Waals surface area contributed by atoms with Gasteiger partial charge in [-0.2, -0.15) is 0 Å². The number of hydrogen-bond acceptors (Lipinski definition) is 3. The number of amides is 1. The van der Waals surface area contributed by atoms with Gasteiger partial charge in [-0.25, -0.2) is 0 Å². The molecule has 0 spiro atoms. The first-order chi connectivity index (χ1) is 11.7. The summed E-state index contributed by atoms with van der Waals surface area (Å²) >= 11 is 0. The SMILES string of the molecule is CC#Cc1coc2ccc(C(=O)NC3C4CCN(CC4)C3C)cc12. The normalized spacial score (nSPS) is 28.4. The van der Waals surface area contributed by atoms with E-state index in [0.717, 1.165) is 29.6 Å². The minimum absolute atomic E-state index is 0.000826. The highest BCUT2D eigenvalue weighted by Crippen LogP contribution is 2.32. The van der Waals surface area contributed by atoms with Crippen molar-refractivity contribution >= 4 is 16.9 Å². The van der Waals surface area contributed by atoms with Gasteiger partial charge in [0.05, 0.1) is 5.56 Å². The summed E-state index contributed by atoms with van der Waals surface area (Å²) in [7, 11) is 0. The molecule has 2 aromatic rings. The smallest absolute Gasteiger partial charge is 0.251 e. The minimum atomic E-state index is -0.000826. The van der Waals surface area contributed by atoms with Crippen LogP contribution in [0.4, 0.5) is 0 Å². The molecule has 0 aliphatic carbocycles. The topological polar surface area (TPSA) is 45.5 Å². The summed E-state index contributed by atoms with van der Waals surface area (Å²) in [6.45, 7) is 6.35. The summed E-state index contributed by atoms with van der Waals surface area (Å²) in [5.41, 5.74) is 2.27. The molecule has 1 aromatic carbocycles. The number of rotatable bonds is 2. The van der Waals surface area contributed by atoms with Crippen molar-refractivity contribution in [2.75, 3.05) is 13.1 Å². The molecule has 1 amide bonds. The standard InChI is InChI=1S/C20H22N2O2/c1-3-4-16-12-24-18-6-5-15(11-17(16)18)20(23)21-19-13(2)22-9-7-14(19)8-10-22/h5-6,11-14,19H,7-10H2,1-2H3,(H,21,23). The van der Waals surface area contributed by atoms with Crippen LogP contribution in [0.15, 0.2) is 28.9 Å². The molecule has 1 N–H and O–H groups in total. The van der Waals surface area contributed by atoms with Crippen molar-refractivity contribution in [1.29, 1.82) is 0 Å². The van der Waals surface area contributed by atoms with Gasteiger partial charge in [-0.3, -0.25) is 9.69 Å². The number of benzene rings is 1. The van der Waals surface area contributed by atoms with E-state index in [0.29, 0.717) is 17.5 Å². The Balaban J connectivity index is 1.59. The maximum atomic E-state index is 12.8. The fraction of sp³-hybridized carbons (Fsp3) is 0.450. The third kappa shape index (κ3) is 2.50. The van der Waals surface area contributed by atoms with Gasteiger partial charge in [0.25, 0.3) is 5.91 Å². The second-order valence-corrected chi connectivity index (χ2v) is 6.85. The fourth-order valence-corrected chi connectivity index (χ4v) is 4.18. The summed E-state index contributed by atoms with van der Waals surface area (Å²) in [4.78, 5) is 15.3. The Labute approximate surface area is 142 Å². The molecule has 5 rings (SSSR count). The summed E-state index contributed by atoms with van der Waals surface area (Å²) in [6, 6.07) is 6.23. The van der Waals surface area contributed by atoms with Crippen LogP contribution in [0.1, 0.15) is 42.6 Å². The van der Waals surface area contributed by atoms with E-state index >= 15 is 0 Å². The molecule has 3 aliphatic rings. The highest BCUT2D eigenvalue weighted by atomic mass is 16.3. The summed E-state index contributed by atoms with van der Waals surface area (Å²) < 4.78 is 5.50. The van der Waals surface area contributed by atoms with Crippen LogP contribution in [-0.4, -0.2) is 36.0 Å². The van der Waals surface area contributed by atoms with Crippen molar-refractivity contribution in [3.8, 4) is 11.8 Å². The Morgan fingerprint density at radius 2 is 2.12 bits per heavy atom. The number of carbonyl (C=O) groups is 1. The van der Waals surface area contributed by atoms with E-state index in [-0.39, 0.29) is 11.9 Å². The number of nitrogens with one attached hydrogen (secondary N) is 1. The number of carbonyl (C=O) groups excluding carboxylic acids is 1. The molecular weight excluding hydrogens is 300 g/mol. The Hall–Kier alpha value is -2.25. The van der Waals surface area contributed by atoms with Crippen molar-refractivity contribution in [3.05, 3.63) is 35.6 Å². The molecule has 3 aliphatic heterocycles. The molecule has 2 bridgehead atoms. The molecule has 24 heavy (non-hydrogen) atoms. The predicted molar refractivity (Wildman–Crippen MR) is 93.8 cm³/mol. The van der Waals surface area contributed by atoms with Crippen LogP contribution >= 0.6 is 0 Å². The first-order valence-corrected chi connectivity index (χ1v) is 8.66. The second kappa shape index (κ2) is 5.99. The van der Waals surface area contributed by atoms with Crippen LogP contribution in [0, 0.1) is 17.8 Å². The lowest BCUT2D eigenvalue weighted by Crippen LogP contribution is -2.62. The molecule has 0 saturated carbocycles. The van der Waals surface area contributed by atoms with E-state index in [1.165, 1.54) is 12.8 Å². The van der Waals surface area contributed by atoms with Crippen LogP contribution in [0.5, 0.6) is 0 Å². The van der Waals surface area contributed by atoms with Crippen LogP contribution in [0.2, 0.25) is 0 Å². The molecule has 4 heteroatoms. The highest BCUT2D eigenvalue weighted by Gasteiger charge is 2.40. The lowest BCUT2D eigenvalue weighted by Gasteiger charge is -2.49. The van der Waals surface area contributed by atoms with E-state index in [2.05, 4.69) is 29.0 Å². The van der Waals surface area contributed by atoms with E-state index in [4.69, 9.17) is 4.42 Å². The van der Waals surface area contributed by atoms with E-state index in [1.54, 1.807) is 13.2 Å². The van der Waals surface area contributed by atoms with Gasteiger partial charge >= 0.3 is 0 Å². The first kappa shape index (κ1) is 15.3. The molecule has 2 unspecified atom stereocenters. The lowest BCUT2D eigenvalue weighted by molar-refractivity contribution is 0.0217. The average molecular weight is 322 g/mol. The Kier molecular flexibility index (Phi) is 3.82. The van der Waals surface area contributed by atoms with Crippen LogP contribution in [0.25, 0.3) is 11.0 Å². The van der Waals surface area contributed by atoms with Gasteiger partial charge < -0.3 is 9.73 Å². The Bertz CT molecular complexity index is 832. The first-order valence-electron chi connectivity index (χ1n) is 8.66. The Morgan fingerprint density at radius 3 is 2.83 bits per heavy atom. The molecule has 1 aromatic heterocycles. The van der Waals surface area contributed by atoms with Crippen molar-refractivity contribution < 1.29 is 9.21 Å². The van der Waals surface area contributed by atoms with Crippen LogP contribution in [0.3, 0.4) is 0 Å².